The van der Waals surface area contributed by atoms with Gasteiger partial charge in [-0.3, -0.25) is 9.59 Å². The van der Waals surface area contributed by atoms with Crippen molar-refractivity contribution in [3.63, 3.8) is 0 Å². The molecule has 10 atom stereocenters. The Labute approximate surface area is 207 Å². The van der Waals surface area contributed by atoms with Gasteiger partial charge in [-0.1, -0.05) is 40.5 Å². The molecule has 0 aliphatic heterocycles. The number of esters is 1. The number of ether oxygens (including phenoxy) is 1. The van der Waals surface area contributed by atoms with Crippen LogP contribution in [0.15, 0.2) is 0 Å². The van der Waals surface area contributed by atoms with Crippen molar-refractivity contribution < 1.29 is 19.4 Å². The predicted octanol–water partition coefficient (Wildman–Crippen LogP) is 5.29. The minimum absolute atomic E-state index is 0.0770. The fourth-order valence-electron chi connectivity index (χ4n) is 9.29. The second kappa shape index (κ2) is 10.2. The lowest BCUT2D eigenvalue weighted by Gasteiger charge is -2.62. The molecule has 4 saturated carbocycles. The summed E-state index contributed by atoms with van der Waals surface area (Å²) >= 11 is 0. The van der Waals surface area contributed by atoms with Gasteiger partial charge in [0.25, 0.3) is 0 Å². The Morgan fingerprint density at radius 1 is 1.09 bits per heavy atom. The molecule has 34 heavy (non-hydrogen) atoms. The van der Waals surface area contributed by atoms with Crippen LogP contribution in [-0.4, -0.2) is 41.7 Å². The fourth-order valence-corrected chi connectivity index (χ4v) is 9.29. The number of rotatable bonds is 8. The van der Waals surface area contributed by atoms with E-state index in [1.165, 1.54) is 0 Å². The molecule has 0 spiro atoms. The van der Waals surface area contributed by atoms with E-state index in [1.54, 1.807) is 6.92 Å². The van der Waals surface area contributed by atoms with Crippen LogP contribution in [0.4, 0.5) is 0 Å². The maximum atomic E-state index is 13.5. The molecule has 0 aromatic rings. The second-order valence-corrected chi connectivity index (χ2v) is 12.7. The number of likely N-dealkylation sites (N-methyl/N-ethyl adjacent to an activating group) is 1. The summed E-state index contributed by atoms with van der Waals surface area (Å²) in [7, 11) is 0. The number of carbonyl (C=O) groups excluding carboxylic acids is 2. The van der Waals surface area contributed by atoms with E-state index in [0.717, 1.165) is 77.2 Å². The van der Waals surface area contributed by atoms with E-state index in [9.17, 15) is 14.7 Å². The molecular formula is C29H49NO4. The number of hydrogen-bond acceptors (Lipinski definition) is 5. The molecule has 5 nitrogen and oxygen atoms in total. The third-order valence-corrected chi connectivity index (χ3v) is 10.9. The first-order chi connectivity index (χ1) is 16.2. The molecule has 0 aromatic heterocycles. The molecular weight excluding hydrogens is 426 g/mol. The van der Waals surface area contributed by atoms with E-state index in [-0.39, 0.29) is 41.0 Å². The molecule has 4 aliphatic carbocycles. The molecule has 0 radical (unpaired) electrons. The number of Topliss-reactive ketones (excluding diaryl/α,β-unsaturated/α-hetero) is 1. The highest BCUT2D eigenvalue weighted by atomic mass is 16.5. The molecule has 2 N–H and O–H groups in total. The quantitative estimate of drug-likeness (QED) is 0.467. The van der Waals surface area contributed by atoms with Gasteiger partial charge in [0.15, 0.2) is 0 Å². The molecule has 194 valence electrons. The van der Waals surface area contributed by atoms with E-state index in [2.05, 4.69) is 26.1 Å². The highest BCUT2D eigenvalue weighted by molar-refractivity contribution is 5.79. The standard InChI is InChI=1S/C29H49NO4/c1-6-8-9-24(30-7-2)27(33)34-25-17-29(5)22(18(3)31)12-13-23(29)21-11-10-19-16-20(32)14-15-28(19,4)26(21)25/h19-26,30,32H,6-17H2,1-5H3/t19-,20+,21-,22+,23-,24?,25-,26+,28-,29+/m0/s1. The van der Waals surface area contributed by atoms with E-state index < -0.39 is 0 Å². The molecule has 0 aromatic carbocycles. The molecule has 0 amide bonds. The van der Waals surface area contributed by atoms with Crippen LogP contribution in [0.25, 0.3) is 0 Å². The Morgan fingerprint density at radius 2 is 1.85 bits per heavy atom. The molecule has 1 unspecified atom stereocenters. The molecule has 4 aliphatic rings. The number of unbranched alkanes of at least 4 members (excludes halogenated alkanes) is 1. The highest BCUT2D eigenvalue weighted by Gasteiger charge is 2.64. The number of aliphatic hydroxyl groups is 1. The SMILES string of the molecule is CCCCC(NCC)C(=O)O[C@H]1C[C@]2(C)[C@@H](C(C)=O)CC[C@H]2[C@@H]2CC[C@H]3C[C@H](O)CC[C@]3(C)[C@H]21. The van der Waals surface area contributed by atoms with Crippen LogP contribution in [0, 0.1) is 40.4 Å². The number of ketones is 1. The number of fused-ring (bicyclic) bond motifs is 5. The molecule has 0 heterocycles. The summed E-state index contributed by atoms with van der Waals surface area (Å²) in [5.74, 6) is 2.17. The third kappa shape index (κ3) is 4.49. The van der Waals surface area contributed by atoms with Crippen LogP contribution in [0.3, 0.4) is 0 Å². The van der Waals surface area contributed by atoms with Crippen LogP contribution >= 0.6 is 0 Å². The van der Waals surface area contributed by atoms with Gasteiger partial charge in [-0.05, 0) is 99.8 Å². The fraction of sp³-hybridized carbons (Fsp3) is 0.931. The zero-order chi connectivity index (χ0) is 24.7. The van der Waals surface area contributed by atoms with Crippen molar-refractivity contribution in [1.82, 2.24) is 5.32 Å². The Balaban J connectivity index is 1.66. The average molecular weight is 476 g/mol. The van der Waals surface area contributed by atoms with E-state index in [0.29, 0.717) is 29.5 Å². The van der Waals surface area contributed by atoms with E-state index in [1.807, 2.05) is 6.92 Å². The van der Waals surface area contributed by atoms with Crippen molar-refractivity contribution in [2.24, 2.45) is 40.4 Å². The van der Waals surface area contributed by atoms with Crippen LogP contribution < -0.4 is 5.32 Å². The summed E-state index contributed by atoms with van der Waals surface area (Å²) in [5.41, 5.74) is 0.0201. The van der Waals surface area contributed by atoms with Crippen molar-refractivity contribution >= 4 is 11.8 Å². The molecule has 0 bridgehead atoms. The summed E-state index contributed by atoms with van der Waals surface area (Å²) in [5, 5.41) is 13.8. The van der Waals surface area contributed by atoms with Gasteiger partial charge < -0.3 is 15.2 Å². The van der Waals surface area contributed by atoms with Crippen molar-refractivity contribution in [2.45, 2.75) is 123 Å². The van der Waals surface area contributed by atoms with Gasteiger partial charge in [0.05, 0.1) is 6.10 Å². The first-order valence-corrected chi connectivity index (χ1v) is 14.3. The van der Waals surface area contributed by atoms with E-state index in [4.69, 9.17) is 4.74 Å². The highest BCUT2D eigenvalue weighted by Crippen LogP contribution is 2.68. The van der Waals surface area contributed by atoms with Gasteiger partial charge in [-0.15, -0.1) is 0 Å². The summed E-state index contributed by atoms with van der Waals surface area (Å²) in [6.07, 6.45) is 10.5. The first kappa shape index (κ1) is 26.1. The van der Waals surface area contributed by atoms with Gasteiger partial charge in [-0.25, -0.2) is 0 Å². The summed E-state index contributed by atoms with van der Waals surface area (Å²) in [6.45, 7) is 11.5. The second-order valence-electron chi connectivity index (χ2n) is 12.7. The lowest BCUT2D eigenvalue weighted by Crippen LogP contribution is -2.60. The molecule has 4 rings (SSSR count). The zero-order valence-corrected chi connectivity index (χ0v) is 22.3. The smallest absolute Gasteiger partial charge is 0.323 e. The Kier molecular flexibility index (Phi) is 7.84. The maximum absolute atomic E-state index is 13.5. The Morgan fingerprint density at radius 3 is 2.53 bits per heavy atom. The van der Waals surface area contributed by atoms with Gasteiger partial charge in [0, 0.05) is 11.8 Å². The average Bonchev–Trinajstić information content (AvgIpc) is 3.13. The van der Waals surface area contributed by atoms with Crippen LogP contribution in [-0.2, 0) is 14.3 Å². The topological polar surface area (TPSA) is 75.6 Å². The normalized spacial score (nSPS) is 44.5. The lowest BCUT2D eigenvalue weighted by molar-refractivity contribution is -0.200. The van der Waals surface area contributed by atoms with Gasteiger partial charge >= 0.3 is 5.97 Å². The summed E-state index contributed by atoms with van der Waals surface area (Å²) < 4.78 is 6.54. The largest absolute Gasteiger partial charge is 0.461 e. The van der Waals surface area contributed by atoms with Crippen LogP contribution in [0.5, 0.6) is 0 Å². The predicted molar refractivity (Wildman–Crippen MR) is 134 cm³/mol. The van der Waals surface area contributed by atoms with Crippen LogP contribution in [0.1, 0.15) is 105 Å². The van der Waals surface area contributed by atoms with Crippen molar-refractivity contribution in [1.29, 1.82) is 0 Å². The van der Waals surface area contributed by atoms with Crippen molar-refractivity contribution in [3.05, 3.63) is 0 Å². The molecule has 5 heteroatoms. The third-order valence-electron chi connectivity index (χ3n) is 10.9. The van der Waals surface area contributed by atoms with Crippen molar-refractivity contribution in [3.8, 4) is 0 Å². The Hall–Kier alpha value is -0.940. The number of hydrogen-bond donors (Lipinski definition) is 2. The minimum atomic E-state index is -0.249. The summed E-state index contributed by atoms with van der Waals surface area (Å²) in [4.78, 5) is 26.2. The van der Waals surface area contributed by atoms with Crippen molar-refractivity contribution in [2.75, 3.05) is 6.54 Å². The minimum Gasteiger partial charge on any atom is -0.461 e. The number of carbonyl (C=O) groups is 2. The van der Waals surface area contributed by atoms with E-state index >= 15 is 0 Å². The molecule has 4 fully saturated rings. The van der Waals surface area contributed by atoms with Gasteiger partial charge in [0.2, 0.25) is 0 Å². The number of nitrogens with one attached hydrogen (secondary N) is 1. The molecule has 0 saturated heterocycles. The first-order valence-electron chi connectivity index (χ1n) is 14.3. The van der Waals surface area contributed by atoms with Crippen LogP contribution in [0.2, 0.25) is 0 Å². The monoisotopic (exact) mass is 475 g/mol. The Bertz CT molecular complexity index is 754. The van der Waals surface area contributed by atoms with Gasteiger partial charge in [-0.2, -0.15) is 0 Å². The lowest BCUT2D eigenvalue weighted by atomic mass is 9.43. The zero-order valence-electron chi connectivity index (χ0n) is 22.3. The number of aliphatic hydroxyl groups excluding tert-OH is 1. The summed E-state index contributed by atoms with van der Waals surface area (Å²) in [6, 6.07) is -0.249. The van der Waals surface area contributed by atoms with Gasteiger partial charge in [0.1, 0.15) is 17.9 Å². The maximum Gasteiger partial charge on any atom is 0.323 e.